The largest absolute Gasteiger partial charge is 0.478 e. The van der Waals surface area contributed by atoms with Crippen LogP contribution in [-0.2, 0) is 4.79 Å². The van der Waals surface area contributed by atoms with Crippen molar-refractivity contribution in [3.05, 3.63) is 72.9 Å². The molecule has 0 aliphatic carbocycles. The Bertz CT molecular complexity index is 462. The van der Waals surface area contributed by atoms with Crippen LogP contribution in [0.3, 0.4) is 0 Å². The number of rotatable bonds is 14. The highest BCUT2D eigenvalue weighted by Gasteiger charge is 1.88. The van der Waals surface area contributed by atoms with Gasteiger partial charge in [0.1, 0.15) is 0 Å². The van der Waals surface area contributed by atoms with Gasteiger partial charge in [0.05, 0.1) is 0 Å². The Balaban J connectivity index is 3.57. The van der Waals surface area contributed by atoms with Crippen LogP contribution >= 0.6 is 0 Å². The van der Waals surface area contributed by atoms with Crippen molar-refractivity contribution in [1.82, 2.24) is 0 Å². The van der Waals surface area contributed by atoms with E-state index in [0.29, 0.717) is 0 Å². The third kappa shape index (κ3) is 19.9. The van der Waals surface area contributed by atoms with Crippen molar-refractivity contribution in [2.45, 2.75) is 58.3 Å². The molecule has 0 rings (SSSR count). The van der Waals surface area contributed by atoms with Gasteiger partial charge >= 0.3 is 5.97 Å². The predicted octanol–water partition coefficient (Wildman–Crippen LogP) is 6.55. The fraction of sp³-hybridized carbons (Fsp3) is 0.409. The first-order valence-corrected chi connectivity index (χ1v) is 9.00. The van der Waals surface area contributed by atoms with E-state index < -0.39 is 5.97 Å². The summed E-state index contributed by atoms with van der Waals surface area (Å²) in [4.78, 5) is 10.2. The fourth-order valence-electron chi connectivity index (χ4n) is 2.05. The second-order valence-corrected chi connectivity index (χ2v) is 5.58. The fourth-order valence-corrected chi connectivity index (χ4v) is 2.05. The van der Waals surface area contributed by atoms with Crippen LogP contribution in [-0.4, -0.2) is 11.1 Å². The summed E-state index contributed by atoms with van der Waals surface area (Å²) in [7, 11) is 0. The average molecular weight is 328 g/mol. The second kappa shape index (κ2) is 19.0. The van der Waals surface area contributed by atoms with E-state index in [-0.39, 0.29) is 0 Å². The first-order chi connectivity index (χ1) is 11.8. The molecular weight excluding hydrogens is 296 g/mol. The van der Waals surface area contributed by atoms with Crippen molar-refractivity contribution >= 4 is 5.97 Å². The normalized spacial score (nSPS) is 13.0. The van der Waals surface area contributed by atoms with Gasteiger partial charge in [0.25, 0.3) is 0 Å². The number of carboxylic acids is 1. The minimum absolute atomic E-state index is 0.936. The molecule has 0 heterocycles. The highest BCUT2D eigenvalue weighted by Crippen LogP contribution is 2.08. The Kier molecular flexibility index (Phi) is 17.3. The zero-order valence-corrected chi connectivity index (χ0v) is 14.9. The minimum Gasteiger partial charge on any atom is -0.478 e. The molecule has 0 aromatic rings. The first kappa shape index (κ1) is 21.9. The second-order valence-electron chi connectivity index (χ2n) is 5.58. The maximum absolute atomic E-state index is 10.2. The zero-order valence-electron chi connectivity index (χ0n) is 14.9. The standard InChI is InChI=1S/C22H32O2/c1-2-3-4-5-6-7-8-9-10-11-12-13-14-15-16-17-18-19-20-21-22(23)24/h10-21H,2-9H2,1H3,(H,23,24)/b11-10+,13-12+,15-14+,17-16-,19-18-,21-20+. The van der Waals surface area contributed by atoms with Gasteiger partial charge in [-0.2, -0.15) is 0 Å². The molecule has 2 heteroatoms. The lowest BCUT2D eigenvalue weighted by Gasteiger charge is -1.98. The van der Waals surface area contributed by atoms with Crippen LogP contribution < -0.4 is 0 Å². The summed E-state index contributed by atoms with van der Waals surface area (Å²) in [5, 5.41) is 8.39. The van der Waals surface area contributed by atoms with E-state index in [4.69, 9.17) is 5.11 Å². The summed E-state index contributed by atoms with van der Waals surface area (Å²) in [6.07, 6.45) is 32.7. The molecular formula is C22H32O2. The van der Waals surface area contributed by atoms with E-state index in [0.717, 1.165) is 12.5 Å². The Labute approximate surface area is 147 Å². The summed E-state index contributed by atoms with van der Waals surface area (Å²) in [5.74, 6) is -0.936. The van der Waals surface area contributed by atoms with Gasteiger partial charge in [-0.05, 0) is 12.8 Å². The van der Waals surface area contributed by atoms with Crippen LogP contribution in [0, 0.1) is 0 Å². The summed E-state index contributed by atoms with van der Waals surface area (Å²) < 4.78 is 0. The molecule has 0 unspecified atom stereocenters. The number of carboxylic acid groups (broad SMARTS) is 1. The van der Waals surface area contributed by atoms with Crippen LogP contribution in [0.5, 0.6) is 0 Å². The van der Waals surface area contributed by atoms with Crippen molar-refractivity contribution < 1.29 is 9.90 Å². The van der Waals surface area contributed by atoms with Gasteiger partial charge < -0.3 is 5.11 Å². The van der Waals surface area contributed by atoms with Gasteiger partial charge in [-0.15, -0.1) is 0 Å². The summed E-state index contributed by atoms with van der Waals surface area (Å²) in [5.41, 5.74) is 0. The van der Waals surface area contributed by atoms with Crippen LogP contribution in [0.4, 0.5) is 0 Å². The van der Waals surface area contributed by atoms with Crippen molar-refractivity contribution in [1.29, 1.82) is 0 Å². The van der Waals surface area contributed by atoms with Gasteiger partial charge in [0, 0.05) is 6.08 Å². The summed E-state index contributed by atoms with van der Waals surface area (Å²) >= 11 is 0. The van der Waals surface area contributed by atoms with Gasteiger partial charge in [-0.3, -0.25) is 0 Å². The van der Waals surface area contributed by atoms with E-state index in [1.807, 2.05) is 36.5 Å². The third-order valence-corrected chi connectivity index (χ3v) is 3.35. The Morgan fingerprint density at radius 1 is 0.667 bits per heavy atom. The molecule has 0 aliphatic rings. The topological polar surface area (TPSA) is 37.3 Å². The number of hydrogen-bond acceptors (Lipinski definition) is 1. The lowest BCUT2D eigenvalue weighted by Crippen LogP contribution is -1.84. The Hall–Kier alpha value is -2.09. The summed E-state index contributed by atoms with van der Waals surface area (Å²) in [6, 6.07) is 0. The number of aliphatic carboxylic acids is 1. The van der Waals surface area contributed by atoms with Crippen LogP contribution in [0.1, 0.15) is 58.3 Å². The highest BCUT2D eigenvalue weighted by molar-refractivity contribution is 5.80. The zero-order chi connectivity index (χ0) is 17.7. The van der Waals surface area contributed by atoms with E-state index >= 15 is 0 Å². The molecule has 0 saturated carbocycles. The van der Waals surface area contributed by atoms with Crippen LogP contribution in [0.25, 0.3) is 0 Å². The molecule has 24 heavy (non-hydrogen) atoms. The molecule has 132 valence electrons. The monoisotopic (exact) mass is 328 g/mol. The molecule has 1 N–H and O–H groups in total. The van der Waals surface area contributed by atoms with Crippen molar-refractivity contribution in [2.75, 3.05) is 0 Å². The van der Waals surface area contributed by atoms with Crippen LogP contribution in [0.2, 0.25) is 0 Å². The van der Waals surface area contributed by atoms with Gasteiger partial charge in [0.15, 0.2) is 0 Å². The Morgan fingerprint density at radius 3 is 1.67 bits per heavy atom. The molecule has 0 fully saturated rings. The van der Waals surface area contributed by atoms with Gasteiger partial charge in [0.2, 0.25) is 0 Å². The first-order valence-electron chi connectivity index (χ1n) is 9.00. The van der Waals surface area contributed by atoms with E-state index in [9.17, 15) is 4.79 Å². The molecule has 0 spiro atoms. The Morgan fingerprint density at radius 2 is 1.12 bits per heavy atom. The van der Waals surface area contributed by atoms with Crippen molar-refractivity contribution in [2.24, 2.45) is 0 Å². The molecule has 0 bridgehead atoms. The number of unbranched alkanes of at least 4 members (excludes halogenated alkanes) is 7. The molecule has 0 radical (unpaired) electrons. The third-order valence-electron chi connectivity index (χ3n) is 3.35. The average Bonchev–Trinajstić information content (AvgIpc) is 2.56. The maximum atomic E-state index is 10.2. The van der Waals surface area contributed by atoms with E-state index in [2.05, 4.69) is 19.1 Å². The van der Waals surface area contributed by atoms with Crippen molar-refractivity contribution in [3.63, 3.8) is 0 Å². The lowest BCUT2D eigenvalue weighted by atomic mass is 10.1. The number of carbonyl (C=O) groups is 1. The molecule has 2 nitrogen and oxygen atoms in total. The molecule has 0 atom stereocenters. The molecule has 0 aliphatic heterocycles. The van der Waals surface area contributed by atoms with E-state index in [1.165, 1.54) is 51.0 Å². The predicted molar refractivity (Wildman–Crippen MR) is 105 cm³/mol. The van der Waals surface area contributed by atoms with Gasteiger partial charge in [-0.25, -0.2) is 4.79 Å². The SMILES string of the molecule is CCCCCCCCC/C=C/C=C/C=C/C=C\C=C/C=C/C(=O)O. The lowest BCUT2D eigenvalue weighted by molar-refractivity contribution is -0.131. The van der Waals surface area contributed by atoms with E-state index in [1.54, 1.807) is 12.2 Å². The number of hydrogen-bond donors (Lipinski definition) is 1. The molecule has 0 amide bonds. The van der Waals surface area contributed by atoms with Crippen molar-refractivity contribution in [3.8, 4) is 0 Å². The summed E-state index contributed by atoms with van der Waals surface area (Å²) in [6.45, 7) is 2.25. The minimum atomic E-state index is -0.936. The molecule has 0 aromatic heterocycles. The smallest absolute Gasteiger partial charge is 0.328 e. The molecule has 0 saturated heterocycles. The quantitative estimate of drug-likeness (QED) is 0.223. The maximum Gasteiger partial charge on any atom is 0.328 e. The number of allylic oxidation sites excluding steroid dienone is 11. The van der Waals surface area contributed by atoms with Gasteiger partial charge in [-0.1, -0.05) is 112 Å². The highest BCUT2D eigenvalue weighted by atomic mass is 16.4. The van der Waals surface area contributed by atoms with Crippen LogP contribution in [0.15, 0.2) is 72.9 Å². The molecule has 0 aromatic carbocycles.